The van der Waals surface area contributed by atoms with E-state index < -0.39 is 0 Å². The minimum atomic E-state index is -0.147. The van der Waals surface area contributed by atoms with Crippen molar-refractivity contribution in [1.82, 2.24) is 14.9 Å². The molecule has 0 aliphatic rings. The SMILES string of the molecule is CC(C)CN(C)C(=O)c1nc(-c2ccccc2)c2ccccc2n1. The van der Waals surface area contributed by atoms with Gasteiger partial charge in [0.25, 0.3) is 5.91 Å². The van der Waals surface area contributed by atoms with Crippen LogP contribution in [0.5, 0.6) is 0 Å². The van der Waals surface area contributed by atoms with Crippen molar-refractivity contribution in [2.45, 2.75) is 13.8 Å². The van der Waals surface area contributed by atoms with E-state index in [-0.39, 0.29) is 11.7 Å². The average molecular weight is 319 g/mol. The van der Waals surface area contributed by atoms with Gasteiger partial charge in [-0.05, 0) is 12.0 Å². The Morgan fingerprint density at radius 3 is 2.38 bits per heavy atom. The van der Waals surface area contributed by atoms with E-state index in [1.807, 2.05) is 54.6 Å². The van der Waals surface area contributed by atoms with Gasteiger partial charge in [-0.25, -0.2) is 9.97 Å². The molecule has 0 saturated heterocycles. The van der Waals surface area contributed by atoms with Crippen LogP contribution in [-0.4, -0.2) is 34.4 Å². The van der Waals surface area contributed by atoms with Crippen LogP contribution < -0.4 is 0 Å². The predicted molar refractivity (Wildman–Crippen MR) is 96.8 cm³/mol. The molecule has 3 aromatic rings. The number of fused-ring (bicyclic) bond motifs is 1. The smallest absolute Gasteiger partial charge is 0.291 e. The Kier molecular flexibility index (Phi) is 4.56. The normalized spacial score (nSPS) is 11.0. The van der Waals surface area contributed by atoms with E-state index in [0.717, 1.165) is 22.2 Å². The topological polar surface area (TPSA) is 46.1 Å². The van der Waals surface area contributed by atoms with E-state index in [2.05, 4.69) is 23.8 Å². The van der Waals surface area contributed by atoms with Gasteiger partial charge in [0.1, 0.15) is 0 Å². The number of nitrogens with zero attached hydrogens (tertiary/aromatic N) is 3. The van der Waals surface area contributed by atoms with Crippen molar-refractivity contribution >= 4 is 16.8 Å². The van der Waals surface area contributed by atoms with Crippen LogP contribution in [-0.2, 0) is 0 Å². The molecule has 0 fully saturated rings. The second kappa shape index (κ2) is 6.79. The van der Waals surface area contributed by atoms with Crippen LogP contribution in [0.1, 0.15) is 24.5 Å². The molecule has 0 spiro atoms. The van der Waals surface area contributed by atoms with Crippen LogP contribution in [0.4, 0.5) is 0 Å². The third-order valence-corrected chi connectivity index (χ3v) is 3.83. The Morgan fingerprint density at radius 2 is 1.67 bits per heavy atom. The molecule has 0 radical (unpaired) electrons. The number of amides is 1. The molecule has 1 amide bonds. The maximum absolute atomic E-state index is 12.7. The Labute approximate surface area is 142 Å². The maximum Gasteiger partial charge on any atom is 0.291 e. The zero-order valence-electron chi connectivity index (χ0n) is 14.2. The first-order chi connectivity index (χ1) is 11.6. The highest BCUT2D eigenvalue weighted by molar-refractivity contribution is 5.97. The van der Waals surface area contributed by atoms with Crippen molar-refractivity contribution in [3.8, 4) is 11.3 Å². The number of benzene rings is 2. The average Bonchev–Trinajstić information content (AvgIpc) is 2.60. The summed E-state index contributed by atoms with van der Waals surface area (Å²) < 4.78 is 0. The number of hydrogen-bond donors (Lipinski definition) is 0. The molecule has 4 heteroatoms. The van der Waals surface area contributed by atoms with Crippen LogP contribution in [0.15, 0.2) is 54.6 Å². The van der Waals surface area contributed by atoms with Gasteiger partial charge in [0.2, 0.25) is 5.82 Å². The minimum Gasteiger partial charge on any atom is -0.339 e. The Morgan fingerprint density at radius 1 is 1.00 bits per heavy atom. The van der Waals surface area contributed by atoms with Crippen molar-refractivity contribution < 1.29 is 4.79 Å². The van der Waals surface area contributed by atoms with Gasteiger partial charge in [0.05, 0.1) is 11.2 Å². The first-order valence-electron chi connectivity index (χ1n) is 8.14. The summed E-state index contributed by atoms with van der Waals surface area (Å²) in [5.74, 6) is 0.496. The first kappa shape index (κ1) is 16.1. The first-order valence-corrected chi connectivity index (χ1v) is 8.14. The largest absolute Gasteiger partial charge is 0.339 e. The molecule has 0 aliphatic carbocycles. The lowest BCUT2D eigenvalue weighted by molar-refractivity contribution is 0.0767. The lowest BCUT2D eigenvalue weighted by Crippen LogP contribution is -2.31. The van der Waals surface area contributed by atoms with Gasteiger partial charge in [-0.15, -0.1) is 0 Å². The molecule has 122 valence electrons. The summed E-state index contributed by atoms with van der Waals surface area (Å²) in [6.45, 7) is 4.84. The molecule has 2 aromatic carbocycles. The monoisotopic (exact) mass is 319 g/mol. The summed E-state index contributed by atoms with van der Waals surface area (Å²) >= 11 is 0. The molecular weight excluding hydrogens is 298 g/mol. The third-order valence-electron chi connectivity index (χ3n) is 3.83. The number of para-hydroxylation sites is 1. The van der Waals surface area contributed by atoms with E-state index in [4.69, 9.17) is 0 Å². The minimum absolute atomic E-state index is 0.147. The summed E-state index contributed by atoms with van der Waals surface area (Å²) in [6, 6.07) is 17.7. The van der Waals surface area contributed by atoms with Crippen molar-refractivity contribution in [3.05, 3.63) is 60.4 Å². The highest BCUT2D eigenvalue weighted by atomic mass is 16.2. The maximum atomic E-state index is 12.7. The molecule has 0 unspecified atom stereocenters. The molecule has 1 heterocycles. The van der Waals surface area contributed by atoms with Gasteiger partial charge in [-0.3, -0.25) is 4.79 Å². The molecule has 0 bridgehead atoms. The number of hydrogen-bond acceptors (Lipinski definition) is 3. The zero-order valence-corrected chi connectivity index (χ0v) is 14.2. The summed E-state index contributed by atoms with van der Waals surface area (Å²) in [5.41, 5.74) is 2.56. The lowest BCUT2D eigenvalue weighted by Gasteiger charge is -2.19. The summed E-state index contributed by atoms with van der Waals surface area (Å²) in [5, 5.41) is 0.951. The number of carbonyl (C=O) groups excluding carboxylic acids is 1. The van der Waals surface area contributed by atoms with Gasteiger partial charge < -0.3 is 4.90 Å². The number of carbonyl (C=O) groups is 1. The summed E-state index contributed by atoms with van der Waals surface area (Å²) in [4.78, 5) is 23.5. The number of rotatable bonds is 4. The van der Waals surface area contributed by atoms with Crippen LogP contribution in [0, 0.1) is 5.92 Å². The van der Waals surface area contributed by atoms with Crippen LogP contribution >= 0.6 is 0 Å². The zero-order chi connectivity index (χ0) is 17.1. The van der Waals surface area contributed by atoms with Gasteiger partial charge in [0, 0.05) is 24.5 Å². The van der Waals surface area contributed by atoms with Crippen LogP contribution in [0.3, 0.4) is 0 Å². The van der Waals surface area contributed by atoms with Gasteiger partial charge >= 0.3 is 0 Å². The molecule has 0 aliphatic heterocycles. The molecule has 24 heavy (non-hydrogen) atoms. The standard InChI is InChI=1S/C20H21N3O/c1-14(2)13-23(3)20(24)19-21-17-12-8-7-11-16(17)18(22-19)15-9-5-4-6-10-15/h4-12,14H,13H2,1-3H3. The molecule has 0 N–H and O–H groups in total. The van der Waals surface area contributed by atoms with E-state index in [1.54, 1.807) is 11.9 Å². The van der Waals surface area contributed by atoms with Gasteiger partial charge in [-0.2, -0.15) is 0 Å². The second-order valence-corrected chi connectivity index (χ2v) is 6.36. The fraction of sp³-hybridized carbons (Fsp3) is 0.250. The summed E-state index contributed by atoms with van der Waals surface area (Å²) in [7, 11) is 1.79. The van der Waals surface area contributed by atoms with Crippen molar-refractivity contribution in [3.63, 3.8) is 0 Å². The fourth-order valence-corrected chi connectivity index (χ4v) is 2.79. The number of aromatic nitrogens is 2. The lowest BCUT2D eigenvalue weighted by atomic mass is 10.1. The second-order valence-electron chi connectivity index (χ2n) is 6.36. The molecule has 3 rings (SSSR count). The van der Waals surface area contributed by atoms with Crippen molar-refractivity contribution in [2.24, 2.45) is 5.92 Å². The van der Waals surface area contributed by atoms with E-state index in [1.165, 1.54) is 0 Å². The molecule has 0 saturated carbocycles. The Hall–Kier alpha value is -2.75. The van der Waals surface area contributed by atoms with Crippen LogP contribution in [0.25, 0.3) is 22.2 Å². The quantitative estimate of drug-likeness (QED) is 0.729. The Bertz CT molecular complexity index is 859. The highest BCUT2D eigenvalue weighted by Crippen LogP contribution is 2.26. The van der Waals surface area contributed by atoms with E-state index in [0.29, 0.717) is 12.5 Å². The van der Waals surface area contributed by atoms with Gasteiger partial charge in [-0.1, -0.05) is 62.4 Å². The summed E-state index contributed by atoms with van der Waals surface area (Å²) in [6.07, 6.45) is 0. The van der Waals surface area contributed by atoms with E-state index >= 15 is 0 Å². The van der Waals surface area contributed by atoms with Crippen molar-refractivity contribution in [1.29, 1.82) is 0 Å². The molecule has 0 atom stereocenters. The third kappa shape index (κ3) is 3.27. The van der Waals surface area contributed by atoms with Crippen molar-refractivity contribution in [2.75, 3.05) is 13.6 Å². The van der Waals surface area contributed by atoms with E-state index in [9.17, 15) is 4.79 Å². The highest BCUT2D eigenvalue weighted by Gasteiger charge is 2.19. The molecular formula is C20H21N3O. The predicted octanol–water partition coefficient (Wildman–Crippen LogP) is 4.02. The molecule has 1 aromatic heterocycles. The fourth-order valence-electron chi connectivity index (χ4n) is 2.79. The Balaban J connectivity index is 2.12. The molecule has 4 nitrogen and oxygen atoms in total. The van der Waals surface area contributed by atoms with Crippen LogP contribution in [0.2, 0.25) is 0 Å². The van der Waals surface area contributed by atoms with Gasteiger partial charge in [0.15, 0.2) is 0 Å².